The van der Waals surface area contributed by atoms with E-state index < -0.39 is 44.6 Å². The highest BCUT2D eigenvalue weighted by Crippen LogP contribution is 2.67. The van der Waals surface area contributed by atoms with Crippen LogP contribution in [0.15, 0.2) is 35.5 Å². The van der Waals surface area contributed by atoms with Crippen LogP contribution in [0.3, 0.4) is 0 Å². The molecule has 0 saturated carbocycles. The van der Waals surface area contributed by atoms with Gasteiger partial charge in [0.2, 0.25) is 6.86 Å². The summed E-state index contributed by atoms with van der Waals surface area (Å²) in [7, 11) is -2.48. The molecule has 4 heterocycles. The average molecular weight is 481 g/mol. The van der Waals surface area contributed by atoms with Crippen molar-refractivity contribution in [3.05, 3.63) is 47.7 Å². The summed E-state index contributed by atoms with van der Waals surface area (Å²) >= 11 is 0. The van der Waals surface area contributed by atoms with Crippen molar-refractivity contribution < 1.29 is 22.9 Å². The van der Waals surface area contributed by atoms with Gasteiger partial charge in [-0.2, -0.15) is 0 Å². The third-order valence-electron chi connectivity index (χ3n) is 6.27. The molecular formula is C21H26F2N6O3S. The lowest BCUT2D eigenvalue weighted by Gasteiger charge is -2.55. The van der Waals surface area contributed by atoms with Gasteiger partial charge in [-0.3, -0.25) is 14.5 Å². The fourth-order valence-electron chi connectivity index (χ4n) is 4.30. The number of aromatic nitrogens is 2. The van der Waals surface area contributed by atoms with E-state index in [2.05, 4.69) is 29.7 Å². The molecule has 12 heteroatoms. The smallest absolute Gasteiger partial charge is 0.275 e. The van der Waals surface area contributed by atoms with Gasteiger partial charge >= 0.3 is 0 Å². The van der Waals surface area contributed by atoms with Crippen LogP contribution in [0.25, 0.3) is 0 Å². The first-order valence-electron chi connectivity index (χ1n) is 10.3. The fraction of sp³-hybridized carbons (Fsp3) is 0.429. The number of ether oxygens (including phenoxy) is 1. The van der Waals surface area contributed by atoms with Crippen LogP contribution in [0.5, 0.6) is 5.75 Å². The molecule has 178 valence electrons. The lowest BCUT2D eigenvalue weighted by Crippen LogP contribution is -2.57. The second-order valence-electron chi connectivity index (χ2n) is 8.57. The Hall–Kier alpha value is -2.83. The first kappa shape index (κ1) is 23.3. The third-order valence-corrected chi connectivity index (χ3v) is 10.2. The van der Waals surface area contributed by atoms with E-state index in [-0.39, 0.29) is 28.8 Å². The van der Waals surface area contributed by atoms with E-state index in [1.807, 2.05) is 13.8 Å². The molecule has 2 aromatic heterocycles. The minimum atomic E-state index is -2.48. The number of nitrogens with two attached hydrogens (primary N) is 1. The normalized spacial score (nSPS) is 30.0. The van der Waals surface area contributed by atoms with Gasteiger partial charge in [0.15, 0.2) is 0 Å². The SMILES string of the molecule is CC1(C)C(N)=N[C@](C)(c2nc(NC(=O)c3ccc(OCF)cn3)ccc2F)[C@H]2CCNS21O. The molecule has 0 aromatic carbocycles. The van der Waals surface area contributed by atoms with Gasteiger partial charge in [-0.25, -0.2) is 18.7 Å². The molecule has 0 bridgehead atoms. The summed E-state index contributed by atoms with van der Waals surface area (Å²) in [5, 5.41) is 2.16. The number of halogens is 2. The summed E-state index contributed by atoms with van der Waals surface area (Å²) in [5.74, 6) is -0.726. The summed E-state index contributed by atoms with van der Waals surface area (Å²) in [5.41, 5.74) is 5.05. The molecule has 9 nitrogen and oxygen atoms in total. The maximum atomic E-state index is 15.0. The van der Waals surface area contributed by atoms with E-state index in [1.54, 1.807) is 6.92 Å². The Bertz CT molecular complexity index is 1120. The Kier molecular flexibility index (Phi) is 5.79. The second-order valence-corrected chi connectivity index (χ2v) is 11.7. The highest BCUT2D eigenvalue weighted by molar-refractivity contribution is 8.29. The Morgan fingerprint density at radius 1 is 1.36 bits per heavy atom. The summed E-state index contributed by atoms with van der Waals surface area (Å²) < 4.78 is 45.9. The van der Waals surface area contributed by atoms with E-state index in [9.17, 15) is 13.7 Å². The summed E-state index contributed by atoms with van der Waals surface area (Å²) in [6.45, 7) is 4.88. The summed E-state index contributed by atoms with van der Waals surface area (Å²) in [6.07, 6.45) is 1.79. The highest BCUT2D eigenvalue weighted by atomic mass is 32.3. The number of rotatable bonds is 5. The van der Waals surface area contributed by atoms with Crippen LogP contribution in [0.1, 0.15) is 43.4 Å². The number of hydrogen-bond donors (Lipinski definition) is 4. The van der Waals surface area contributed by atoms with Gasteiger partial charge in [-0.15, -0.1) is 0 Å². The molecule has 3 atom stereocenters. The monoisotopic (exact) mass is 480 g/mol. The van der Waals surface area contributed by atoms with E-state index in [0.29, 0.717) is 13.0 Å². The lowest BCUT2D eigenvalue weighted by atomic mass is 9.90. The molecule has 0 radical (unpaired) electrons. The number of aliphatic imine (C=N–C) groups is 1. The van der Waals surface area contributed by atoms with E-state index in [0.717, 1.165) is 0 Å². The summed E-state index contributed by atoms with van der Waals surface area (Å²) in [4.78, 5) is 25.5. The van der Waals surface area contributed by atoms with Gasteiger partial charge in [0, 0.05) is 6.54 Å². The molecule has 33 heavy (non-hydrogen) atoms. The topological polar surface area (TPSA) is 135 Å². The Balaban J connectivity index is 1.67. The minimum Gasteiger partial charge on any atom is -0.461 e. The zero-order valence-electron chi connectivity index (χ0n) is 18.4. The van der Waals surface area contributed by atoms with Crippen LogP contribution in [-0.2, 0) is 5.54 Å². The van der Waals surface area contributed by atoms with Crippen molar-refractivity contribution in [2.45, 2.75) is 42.7 Å². The molecule has 4 rings (SSSR count). The van der Waals surface area contributed by atoms with Crippen molar-refractivity contribution in [3.63, 3.8) is 0 Å². The maximum Gasteiger partial charge on any atom is 0.275 e. The van der Waals surface area contributed by atoms with Gasteiger partial charge in [0.25, 0.3) is 5.91 Å². The van der Waals surface area contributed by atoms with Crippen molar-refractivity contribution in [1.29, 1.82) is 0 Å². The van der Waals surface area contributed by atoms with Crippen LogP contribution in [-0.4, -0.2) is 49.7 Å². The average Bonchev–Trinajstić information content (AvgIpc) is 3.19. The van der Waals surface area contributed by atoms with E-state index in [4.69, 9.17) is 5.73 Å². The van der Waals surface area contributed by atoms with Crippen molar-refractivity contribution in [2.75, 3.05) is 18.7 Å². The van der Waals surface area contributed by atoms with Crippen molar-refractivity contribution in [3.8, 4) is 5.75 Å². The molecule has 5 N–H and O–H groups in total. The molecule has 2 aliphatic heterocycles. The summed E-state index contributed by atoms with van der Waals surface area (Å²) in [6, 6.07) is 5.29. The number of nitrogens with one attached hydrogen (secondary N) is 2. The molecule has 1 unspecified atom stereocenters. The minimum absolute atomic E-state index is 0.0157. The van der Waals surface area contributed by atoms with Crippen LogP contribution < -0.4 is 20.5 Å². The number of alkyl halides is 1. The second kappa shape index (κ2) is 8.19. The number of nitrogens with zero attached hydrogens (tertiary/aromatic N) is 3. The van der Waals surface area contributed by atoms with Crippen LogP contribution >= 0.6 is 10.5 Å². The molecule has 2 aliphatic rings. The quantitative estimate of drug-likeness (QED) is 0.516. The number of fused-ring (bicyclic) bond motifs is 1. The van der Waals surface area contributed by atoms with Gasteiger partial charge < -0.3 is 20.3 Å². The van der Waals surface area contributed by atoms with E-state index >= 15 is 4.39 Å². The van der Waals surface area contributed by atoms with Gasteiger partial charge in [0.1, 0.15) is 40.1 Å². The molecular weight excluding hydrogens is 454 g/mol. The Labute approximate surface area is 191 Å². The van der Waals surface area contributed by atoms with Crippen molar-refractivity contribution in [1.82, 2.24) is 14.7 Å². The number of amidine groups is 1. The molecule has 1 saturated heterocycles. The number of amides is 1. The van der Waals surface area contributed by atoms with Crippen molar-refractivity contribution in [2.24, 2.45) is 10.7 Å². The lowest BCUT2D eigenvalue weighted by molar-refractivity contribution is 0.102. The molecule has 0 spiro atoms. The van der Waals surface area contributed by atoms with Crippen LogP contribution in [0.4, 0.5) is 14.6 Å². The van der Waals surface area contributed by atoms with Gasteiger partial charge in [0.05, 0.1) is 16.2 Å². The number of carbonyl (C=O) groups excluding carboxylic acids is 1. The standard InChI is InChI=1S/C21H26F2N6O3S/c1-20(2)19(24)29-21(3,15-8-9-26-33(15,20)31)17-13(23)5-7-16(27-17)28-18(30)14-6-4-12(10-25-14)32-11-22/h4-7,10,15,26,31H,8-9,11H2,1-3H3,(H2,24,29)(H,27,28,30)/t15-,21+/m1/s1. The third kappa shape index (κ3) is 3.71. The predicted octanol–water partition coefficient (Wildman–Crippen LogP) is 3.09. The van der Waals surface area contributed by atoms with Crippen molar-refractivity contribution >= 4 is 28.1 Å². The predicted molar refractivity (Wildman–Crippen MR) is 123 cm³/mol. The Morgan fingerprint density at radius 3 is 2.79 bits per heavy atom. The zero-order chi connectivity index (χ0) is 24.0. The first-order valence-corrected chi connectivity index (χ1v) is 12.0. The molecule has 0 aliphatic carbocycles. The first-order chi connectivity index (χ1) is 15.5. The van der Waals surface area contributed by atoms with Crippen LogP contribution in [0.2, 0.25) is 0 Å². The molecule has 1 fully saturated rings. The number of anilines is 1. The highest BCUT2D eigenvalue weighted by Gasteiger charge is 2.61. The van der Waals surface area contributed by atoms with Gasteiger partial charge in [-0.1, -0.05) is 10.5 Å². The zero-order valence-corrected chi connectivity index (χ0v) is 19.2. The fourth-order valence-corrected chi connectivity index (χ4v) is 7.65. The number of hydrogen-bond acceptors (Lipinski definition) is 8. The van der Waals surface area contributed by atoms with Crippen LogP contribution in [0, 0.1) is 5.82 Å². The van der Waals surface area contributed by atoms with E-state index in [1.165, 1.54) is 30.5 Å². The maximum absolute atomic E-state index is 15.0. The Morgan fingerprint density at radius 2 is 2.12 bits per heavy atom. The van der Waals surface area contributed by atoms with Gasteiger partial charge in [-0.05, 0) is 51.5 Å². The number of carbonyl (C=O) groups is 1. The largest absolute Gasteiger partial charge is 0.461 e. The molecule has 1 amide bonds. The number of pyridine rings is 2. The molecule has 2 aromatic rings.